The summed E-state index contributed by atoms with van der Waals surface area (Å²) in [6.07, 6.45) is -0.267. The molecule has 1 heterocycles. The number of hydrazine groups is 1. The van der Waals surface area contributed by atoms with Gasteiger partial charge in [-0.2, -0.15) is 0 Å². The molecule has 4 aromatic rings. The van der Waals surface area contributed by atoms with E-state index in [9.17, 15) is 14.4 Å². The second kappa shape index (κ2) is 14.6. The molecule has 0 saturated heterocycles. The highest BCUT2D eigenvalue weighted by molar-refractivity contribution is 5.94. The number of nitrogens with one attached hydrogen (secondary N) is 1. The van der Waals surface area contributed by atoms with Gasteiger partial charge in [-0.3, -0.25) is 9.59 Å². The van der Waals surface area contributed by atoms with Crippen LogP contribution in [0.15, 0.2) is 77.9 Å². The lowest BCUT2D eigenvalue weighted by Crippen LogP contribution is -2.41. The van der Waals surface area contributed by atoms with Gasteiger partial charge in [-0.25, -0.2) is 14.8 Å². The molecular weight excluding hydrogens is 610 g/mol. The Morgan fingerprint density at radius 2 is 1.62 bits per heavy atom. The van der Waals surface area contributed by atoms with Gasteiger partial charge >= 0.3 is 12.1 Å². The highest BCUT2D eigenvalue weighted by atomic mass is 16.6. The van der Waals surface area contributed by atoms with Gasteiger partial charge in [0.1, 0.15) is 12.2 Å². The maximum Gasteiger partial charge on any atom is 0.424 e. The van der Waals surface area contributed by atoms with Gasteiger partial charge in [0.15, 0.2) is 0 Å². The second-order valence-electron chi connectivity index (χ2n) is 12.8. The summed E-state index contributed by atoms with van der Waals surface area (Å²) in [6, 6.07) is 23.9. The number of aryl methyl sites for hydroxylation is 1. The van der Waals surface area contributed by atoms with Crippen LogP contribution in [0.5, 0.6) is 0 Å². The van der Waals surface area contributed by atoms with Crippen LogP contribution in [0.2, 0.25) is 0 Å². The van der Waals surface area contributed by atoms with Gasteiger partial charge in [-0.15, -0.1) is 0 Å². The summed E-state index contributed by atoms with van der Waals surface area (Å²) >= 11 is 0. The maximum atomic E-state index is 13.3. The fraction of sp³-hybridized carbons (Fsp3) is 0.361. The molecule has 1 aromatic heterocycles. The third-order valence-electron chi connectivity index (χ3n) is 8.24. The number of fused-ring (bicyclic) bond motifs is 4. The van der Waals surface area contributed by atoms with E-state index in [0.29, 0.717) is 18.8 Å². The number of aromatic nitrogens is 1. The number of azide groups is 1. The predicted molar refractivity (Wildman–Crippen MR) is 184 cm³/mol. The summed E-state index contributed by atoms with van der Waals surface area (Å²) in [6.45, 7) is 6.46. The zero-order valence-electron chi connectivity index (χ0n) is 28.0. The Balaban J connectivity index is 1.31. The lowest BCUT2D eigenvalue weighted by molar-refractivity contribution is -0.155. The number of carbonyl (C=O) groups is 3. The van der Waals surface area contributed by atoms with Crippen molar-refractivity contribution in [2.75, 3.05) is 32.6 Å². The molecule has 0 fully saturated rings. The van der Waals surface area contributed by atoms with E-state index in [2.05, 4.69) is 39.6 Å². The Morgan fingerprint density at radius 3 is 2.27 bits per heavy atom. The Bertz CT molecular complexity index is 1830. The van der Waals surface area contributed by atoms with Crippen LogP contribution in [0.1, 0.15) is 56.4 Å². The maximum absolute atomic E-state index is 13.3. The minimum absolute atomic E-state index is 0.0517. The molecule has 0 radical (unpaired) electrons. The first-order valence-corrected chi connectivity index (χ1v) is 15.9. The summed E-state index contributed by atoms with van der Waals surface area (Å²) in [5.41, 5.74) is 14.8. The molecule has 5 rings (SSSR count). The monoisotopic (exact) mass is 651 g/mol. The van der Waals surface area contributed by atoms with Gasteiger partial charge in [-0.1, -0.05) is 53.6 Å². The Labute approximate surface area is 279 Å². The highest BCUT2D eigenvalue weighted by Crippen LogP contribution is 2.44. The minimum atomic E-state index is -0.601. The Kier molecular flexibility index (Phi) is 10.4. The molecule has 1 N–H and O–H groups in total. The highest BCUT2D eigenvalue weighted by Gasteiger charge is 2.30. The van der Waals surface area contributed by atoms with E-state index in [1.807, 2.05) is 67.8 Å². The normalized spacial score (nSPS) is 12.3. The molecule has 1 aliphatic rings. The van der Waals surface area contributed by atoms with Crippen molar-refractivity contribution in [3.05, 3.63) is 100 Å². The van der Waals surface area contributed by atoms with Crippen molar-refractivity contribution in [3.8, 4) is 11.1 Å². The quantitative estimate of drug-likeness (QED) is 0.0563. The summed E-state index contributed by atoms with van der Waals surface area (Å²) in [5.74, 6) is -0.636. The van der Waals surface area contributed by atoms with E-state index in [-0.39, 0.29) is 43.8 Å². The van der Waals surface area contributed by atoms with Gasteiger partial charge in [0.25, 0.3) is 0 Å². The SMILES string of the molecule is CN(Cc1cc2cc(NC(=O)CCN=[N+]=[N-])ccc2n1CCC(=O)OC(C)(C)C)N(C)C(=O)OCC1c2ccccc2-c2ccccc21. The molecule has 0 saturated carbocycles. The zero-order chi connectivity index (χ0) is 34.4. The molecule has 0 atom stereocenters. The van der Waals surface area contributed by atoms with Crippen LogP contribution in [0, 0.1) is 0 Å². The van der Waals surface area contributed by atoms with Crippen molar-refractivity contribution < 1.29 is 23.9 Å². The van der Waals surface area contributed by atoms with Crippen LogP contribution < -0.4 is 5.32 Å². The number of amides is 2. The summed E-state index contributed by atoms with van der Waals surface area (Å²) < 4.78 is 13.4. The van der Waals surface area contributed by atoms with E-state index < -0.39 is 11.7 Å². The topological polar surface area (TPSA) is 142 Å². The largest absolute Gasteiger partial charge is 0.460 e. The molecular formula is C36H41N7O5. The van der Waals surface area contributed by atoms with E-state index >= 15 is 0 Å². The minimum Gasteiger partial charge on any atom is -0.460 e. The second-order valence-corrected chi connectivity index (χ2v) is 12.8. The molecule has 1 aliphatic carbocycles. The van der Waals surface area contributed by atoms with E-state index in [1.165, 1.54) is 5.01 Å². The molecule has 2 amide bonds. The molecule has 0 spiro atoms. The van der Waals surface area contributed by atoms with Gasteiger partial charge in [0.2, 0.25) is 5.91 Å². The number of anilines is 1. The van der Waals surface area contributed by atoms with Crippen molar-refractivity contribution >= 4 is 34.6 Å². The smallest absolute Gasteiger partial charge is 0.424 e. The number of nitrogens with zero attached hydrogens (tertiary/aromatic N) is 6. The average Bonchev–Trinajstić information content (AvgIpc) is 3.55. The molecule has 0 unspecified atom stereocenters. The lowest BCUT2D eigenvalue weighted by Gasteiger charge is -2.28. The Hall–Kier alpha value is -5.32. The standard InChI is InChI=1S/C36H41N7O5/c1-36(2,3)48-34(45)17-19-43-26(21-24-20-25(14-15-32(24)43)39-33(44)16-18-38-40-37)22-41(4)42(5)35(46)47-23-31-29-12-8-6-10-27(29)28-11-7-9-13-30(28)31/h6-15,20-21,31H,16-19,22-23H2,1-5H3,(H,39,44). The van der Waals surface area contributed by atoms with E-state index in [0.717, 1.165) is 38.9 Å². The third-order valence-corrected chi connectivity index (χ3v) is 8.24. The number of carbonyl (C=O) groups excluding carboxylic acids is 3. The van der Waals surface area contributed by atoms with E-state index in [1.54, 1.807) is 25.2 Å². The fourth-order valence-electron chi connectivity index (χ4n) is 5.98. The summed E-state index contributed by atoms with van der Waals surface area (Å²) in [4.78, 5) is 41.0. The molecule has 0 aliphatic heterocycles. The van der Waals surface area contributed by atoms with Crippen molar-refractivity contribution in [1.82, 2.24) is 14.6 Å². The van der Waals surface area contributed by atoms with Crippen LogP contribution in [-0.4, -0.2) is 65.4 Å². The third kappa shape index (κ3) is 7.96. The van der Waals surface area contributed by atoms with Crippen molar-refractivity contribution in [2.24, 2.45) is 5.11 Å². The van der Waals surface area contributed by atoms with Crippen LogP contribution in [-0.2, 0) is 32.2 Å². The summed E-state index contributed by atoms with van der Waals surface area (Å²) in [7, 11) is 3.46. The van der Waals surface area contributed by atoms with Crippen LogP contribution in [0.4, 0.5) is 10.5 Å². The van der Waals surface area contributed by atoms with Gasteiger partial charge in [0.05, 0.1) is 13.0 Å². The predicted octanol–water partition coefficient (Wildman–Crippen LogP) is 7.24. The zero-order valence-corrected chi connectivity index (χ0v) is 28.0. The molecule has 48 heavy (non-hydrogen) atoms. The van der Waals surface area contributed by atoms with Gasteiger partial charge < -0.3 is 19.4 Å². The molecule has 250 valence electrons. The molecule has 0 bridgehead atoms. The molecule has 3 aromatic carbocycles. The number of hydrogen-bond donors (Lipinski definition) is 1. The number of rotatable bonds is 12. The Morgan fingerprint density at radius 1 is 0.958 bits per heavy atom. The summed E-state index contributed by atoms with van der Waals surface area (Å²) in [5, 5.41) is 10.3. The van der Waals surface area contributed by atoms with Gasteiger partial charge in [0, 0.05) is 66.7 Å². The van der Waals surface area contributed by atoms with Crippen LogP contribution >= 0.6 is 0 Å². The van der Waals surface area contributed by atoms with Crippen LogP contribution in [0.25, 0.3) is 32.5 Å². The number of hydrogen-bond acceptors (Lipinski definition) is 7. The van der Waals surface area contributed by atoms with Crippen molar-refractivity contribution in [2.45, 2.75) is 58.2 Å². The average molecular weight is 652 g/mol. The first-order valence-electron chi connectivity index (χ1n) is 15.9. The van der Waals surface area contributed by atoms with Crippen molar-refractivity contribution in [1.29, 1.82) is 0 Å². The number of ether oxygens (including phenoxy) is 2. The molecule has 12 heteroatoms. The van der Waals surface area contributed by atoms with Crippen LogP contribution in [0.3, 0.4) is 0 Å². The lowest BCUT2D eigenvalue weighted by atomic mass is 9.98. The van der Waals surface area contributed by atoms with E-state index in [4.69, 9.17) is 15.0 Å². The van der Waals surface area contributed by atoms with Gasteiger partial charge in [-0.05, 0) is 72.8 Å². The first kappa shape index (κ1) is 34.0. The number of benzene rings is 3. The fourth-order valence-corrected chi connectivity index (χ4v) is 5.98. The van der Waals surface area contributed by atoms with Crippen molar-refractivity contribution in [3.63, 3.8) is 0 Å². The first-order chi connectivity index (χ1) is 22.9. The molecule has 12 nitrogen and oxygen atoms in total. The number of esters is 1.